The van der Waals surface area contributed by atoms with Gasteiger partial charge in [0.05, 0.1) is 37.1 Å². The summed E-state index contributed by atoms with van der Waals surface area (Å²) in [6, 6.07) is -0.0184. The SMILES string of the molecule is C=C1[C@H](C)C[C@@]2(C)OC/C(=N/OCC)CO[C@H]([C@H]1C)[C@](C)(O)[C@@H](CC)OC(=O)[C-](C)C(=O)[C@H](C)[C@H]2O[C@@H]1O[C@H](C)C[C@H](N(C)C)[C@H]1OC.[Y]. The maximum Gasteiger partial charge on any atom is 0.186 e. The number of carbonyl (C=O) groups excluding carboxylic acids is 2. The van der Waals surface area contributed by atoms with Crippen molar-refractivity contribution in [2.45, 2.75) is 136 Å². The number of ether oxygens (including phenoxy) is 6. The molecule has 0 amide bonds. The van der Waals surface area contributed by atoms with Gasteiger partial charge in [0.2, 0.25) is 0 Å². The van der Waals surface area contributed by atoms with E-state index in [1.807, 2.05) is 55.6 Å². The number of carbonyl (C=O) groups is 2. The van der Waals surface area contributed by atoms with E-state index in [0.717, 1.165) is 12.0 Å². The Balaban J connectivity index is 0.00000833. The number of rotatable bonds is 7. The Bertz CT molecular complexity index is 1150. The van der Waals surface area contributed by atoms with Gasteiger partial charge in [-0.15, -0.1) is 0 Å². The predicted octanol–water partition coefficient (Wildman–Crippen LogP) is 4.12. The van der Waals surface area contributed by atoms with Crippen LogP contribution in [0.25, 0.3) is 0 Å². The Hall–Kier alpha value is -0.956. The van der Waals surface area contributed by atoms with Gasteiger partial charge in [-0.25, -0.2) is 5.92 Å². The van der Waals surface area contributed by atoms with Crippen molar-refractivity contribution in [1.29, 1.82) is 0 Å². The molecule has 3 fully saturated rings. The first-order valence-corrected chi connectivity index (χ1v) is 17.4. The molecule has 3 heterocycles. The van der Waals surface area contributed by atoms with E-state index in [9.17, 15) is 14.7 Å². The maximum absolute atomic E-state index is 14.3. The van der Waals surface area contributed by atoms with Gasteiger partial charge in [-0.05, 0) is 67.0 Å². The molecular weight excluding hydrogens is 709 g/mol. The smallest absolute Gasteiger partial charge is 0.186 e. The summed E-state index contributed by atoms with van der Waals surface area (Å²) in [5, 5.41) is 16.4. The molecule has 3 saturated heterocycles. The fourth-order valence-corrected chi connectivity index (χ4v) is 7.57. The van der Waals surface area contributed by atoms with E-state index in [0.29, 0.717) is 18.7 Å². The second-order valence-electron chi connectivity index (χ2n) is 14.5. The minimum atomic E-state index is -1.65. The predicted molar refractivity (Wildman–Crippen MR) is 181 cm³/mol. The first kappa shape index (κ1) is 44.2. The molecule has 0 aromatic heterocycles. The van der Waals surface area contributed by atoms with Crippen LogP contribution < -0.4 is 0 Å². The Morgan fingerprint density at radius 1 is 1.10 bits per heavy atom. The van der Waals surface area contributed by atoms with Crippen LogP contribution in [0.3, 0.4) is 0 Å². The van der Waals surface area contributed by atoms with Crippen LogP contribution in [0.2, 0.25) is 0 Å². The van der Waals surface area contributed by atoms with Gasteiger partial charge in [-0.3, -0.25) is 4.79 Å². The number of Topliss-reactive ketones (excluding diaryl/α,β-unsaturated/α-hetero) is 1. The van der Waals surface area contributed by atoms with E-state index in [1.54, 1.807) is 21.0 Å². The second kappa shape index (κ2) is 18.7. The minimum Gasteiger partial charge on any atom is -0.481 e. The molecule has 3 aliphatic rings. The molecule has 0 saturated carbocycles. The number of methoxy groups -OCH3 is 1. The summed E-state index contributed by atoms with van der Waals surface area (Å²) >= 11 is 0. The number of oxime groups is 1. The third-order valence-electron chi connectivity index (χ3n) is 10.5. The van der Waals surface area contributed by atoms with Crippen molar-refractivity contribution in [2.75, 3.05) is 41.0 Å². The fourth-order valence-electron chi connectivity index (χ4n) is 7.57. The van der Waals surface area contributed by atoms with Crippen molar-refractivity contribution in [3.8, 4) is 0 Å². The molecule has 12 nitrogen and oxygen atoms in total. The van der Waals surface area contributed by atoms with Gasteiger partial charge in [0.1, 0.15) is 30.1 Å². The van der Waals surface area contributed by atoms with E-state index >= 15 is 0 Å². The summed E-state index contributed by atoms with van der Waals surface area (Å²) in [7, 11) is 5.60. The molecule has 0 unspecified atom stereocenters. The third-order valence-corrected chi connectivity index (χ3v) is 10.5. The van der Waals surface area contributed by atoms with E-state index in [2.05, 4.69) is 16.6 Å². The van der Waals surface area contributed by atoms with Crippen molar-refractivity contribution < 1.29 is 80.7 Å². The van der Waals surface area contributed by atoms with Gasteiger partial charge in [0, 0.05) is 63.5 Å². The van der Waals surface area contributed by atoms with Gasteiger partial charge < -0.3 is 48.1 Å². The van der Waals surface area contributed by atoms with Crippen LogP contribution in [-0.2, 0) is 75.6 Å². The largest absolute Gasteiger partial charge is 0.481 e. The van der Waals surface area contributed by atoms with Crippen molar-refractivity contribution in [2.24, 2.45) is 22.9 Å². The van der Waals surface area contributed by atoms with Crippen molar-refractivity contribution in [3.05, 3.63) is 18.1 Å². The van der Waals surface area contributed by atoms with Crippen molar-refractivity contribution in [1.82, 2.24) is 4.90 Å². The molecular formula is C36H61N2O10Y-. The Kier molecular flexibility index (Phi) is 16.9. The third kappa shape index (κ3) is 10.1. The fraction of sp³-hybridized carbons (Fsp3) is 0.833. The molecule has 0 aromatic carbocycles. The zero-order valence-electron chi connectivity index (χ0n) is 31.8. The normalized spacial score (nSPS) is 41.0. The molecule has 49 heavy (non-hydrogen) atoms. The Morgan fingerprint density at radius 3 is 2.33 bits per heavy atom. The monoisotopic (exact) mass is 770 g/mol. The summed E-state index contributed by atoms with van der Waals surface area (Å²) in [4.78, 5) is 35.4. The molecule has 2 bridgehead atoms. The zero-order valence-corrected chi connectivity index (χ0v) is 34.7. The van der Waals surface area contributed by atoms with E-state index in [-0.39, 0.29) is 82.2 Å². The standard InChI is InChI=1S/C36H61N2O10.Y/c1-14-28-36(10,41)32-23(6)22(5)20(3)17-35(9,44-19-26(18-43-32)37-45-15-2)31(24(7)29(39)25(8)33(40)47-28)48-34-30(42-13)27(38(11)12)16-21(4)46-34;/h20-21,23-24,27-28,30-32,34,41H,5,14-19H2,1-4,6-13H3;/q-1;/b37-26+;/t20-,21-,23+,24+,27+,28-,30-,31-,32-,34+,35-,36-;/m1./s1. The number of hydrogen-bond acceptors (Lipinski definition) is 12. The summed E-state index contributed by atoms with van der Waals surface area (Å²) < 4.78 is 38.4. The van der Waals surface area contributed by atoms with Crippen molar-refractivity contribution in [3.63, 3.8) is 0 Å². The summed E-state index contributed by atoms with van der Waals surface area (Å²) in [6.07, 6.45) is -2.86. The first-order chi connectivity index (χ1) is 22.4. The number of ketones is 1. The molecule has 0 aliphatic carbocycles. The molecule has 279 valence electrons. The average Bonchev–Trinajstić information content (AvgIpc) is 3.05. The summed E-state index contributed by atoms with van der Waals surface area (Å²) in [5.74, 6) is -2.82. The van der Waals surface area contributed by atoms with E-state index in [1.165, 1.54) is 6.92 Å². The van der Waals surface area contributed by atoms with Gasteiger partial charge in [0.25, 0.3) is 0 Å². The minimum absolute atomic E-state index is 0. The number of hydrogen-bond donors (Lipinski definition) is 1. The summed E-state index contributed by atoms with van der Waals surface area (Å²) in [5.41, 5.74) is -1.55. The van der Waals surface area contributed by atoms with Crippen molar-refractivity contribution >= 4 is 17.5 Å². The molecule has 1 N–H and O–H groups in total. The Morgan fingerprint density at radius 2 is 1.76 bits per heavy atom. The van der Waals surface area contributed by atoms with Crippen LogP contribution in [0.5, 0.6) is 0 Å². The van der Waals surface area contributed by atoms with Crippen LogP contribution in [0, 0.1) is 23.7 Å². The molecule has 13 heteroatoms. The Labute approximate surface area is 319 Å². The number of aliphatic hydroxyl groups is 1. The van der Waals surface area contributed by atoms with Crippen LogP contribution in [-0.4, -0.2) is 123 Å². The van der Waals surface area contributed by atoms with Crippen LogP contribution in [0.1, 0.15) is 81.6 Å². The quantitative estimate of drug-likeness (QED) is 0.174. The van der Waals surface area contributed by atoms with Crippen LogP contribution in [0.15, 0.2) is 17.3 Å². The average molecular weight is 771 g/mol. The maximum atomic E-state index is 14.3. The van der Waals surface area contributed by atoms with E-state index in [4.69, 9.17) is 33.3 Å². The van der Waals surface area contributed by atoms with E-state index < -0.39 is 59.6 Å². The van der Waals surface area contributed by atoms with Crippen LogP contribution in [0.4, 0.5) is 0 Å². The van der Waals surface area contributed by atoms with Gasteiger partial charge >= 0.3 is 0 Å². The molecule has 3 aliphatic heterocycles. The number of nitrogens with zero attached hydrogens (tertiary/aromatic N) is 2. The van der Waals surface area contributed by atoms with Gasteiger partial charge in [-0.1, -0.05) is 45.0 Å². The number of likely N-dealkylation sites (N-methyl/N-ethyl adjacent to an activating group) is 1. The van der Waals surface area contributed by atoms with Gasteiger partial charge in [0.15, 0.2) is 12.3 Å². The molecule has 0 aromatic rings. The molecule has 12 atom stereocenters. The zero-order chi connectivity index (χ0) is 36.1. The first-order valence-electron chi connectivity index (χ1n) is 17.4. The topological polar surface area (TPSA) is 135 Å². The number of esters is 1. The second-order valence-corrected chi connectivity index (χ2v) is 14.5. The molecule has 0 spiro atoms. The molecule has 3 rings (SSSR count). The molecule has 1 radical (unpaired) electrons. The summed E-state index contributed by atoms with van der Waals surface area (Å²) in [6.45, 7) is 21.1. The number of fused-ring (bicyclic) bond motifs is 5. The van der Waals surface area contributed by atoms with Gasteiger partial charge in [-0.2, -0.15) is 6.92 Å². The number of cyclic esters (lactones) is 1. The van der Waals surface area contributed by atoms with Crippen LogP contribution >= 0.6 is 0 Å².